The Morgan fingerprint density at radius 3 is 2.52 bits per heavy atom. The molecule has 1 aliphatic rings. The fourth-order valence-corrected chi connectivity index (χ4v) is 2.46. The number of hydrogen-bond donors (Lipinski definition) is 3. The van der Waals surface area contributed by atoms with Gasteiger partial charge in [0.2, 0.25) is 5.91 Å². The summed E-state index contributed by atoms with van der Waals surface area (Å²) in [7, 11) is 0. The molecule has 114 valence electrons. The molecule has 0 bridgehead atoms. The molecule has 0 aromatic heterocycles. The zero-order valence-corrected chi connectivity index (χ0v) is 12.2. The van der Waals surface area contributed by atoms with E-state index in [0.717, 1.165) is 18.7 Å². The van der Waals surface area contributed by atoms with E-state index in [2.05, 4.69) is 10.6 Å². The van der Waals surface area contributed by atoms with Crippen LogP contribution in [0, 0.1) is 11.8 Å². The van der Waals surface area contributed by atoms with Gasteiger partial charge in [0.05, 0.1) is 6.04 Å². The zero-order chi connectivity index (χ0) is 15.2. The van der Waals surface area contributed by atoms with Crippen molar-refractivity contribution in [1.82, 2.24) is 10.6 Å². The van der Waals surface area contributed by atoms with Crippen LogP contribution in [-0.2, 0) is 9.59 Å². The van der Waals surface area contributed by atoms with Crippen molar-refractivity contribution in [1.29, 1.82) is 0 Å². The second kappa shape index (κ2) is 7.22. The highest BCUT2D eigenvalue weighted by Gasteiger charge is 2.30. The average Bonchev–Trinajstić information content (AvgIpc) is 2.42. The van der Waals surface area contributed by atoms with Gasteiger partial charge in [0.1, 0.15) is 0 Å². The number of amides is 1. The summed E-state index contributed by atoms with van der Waals surface area (Å²) in [6.07, 6.45) is 0.444. The van der Waals surface area contributed by atoms with E-state index in [1.54, 1.807) is 0 Å². The smallest absolute Gasteiger partial charge is 0.303 e. The van der Waals surface area contributed by atoms with Gasteiger partial charge in [0.25, 0.3) is 0 Å². The first-order valence-electron chi connectivity index (χ1n) is 7.35. The lowest BCUT2D eigenvalue weighted by molar-refractivity contribution is -0.137. The zero-order valence-electron chi connectivity index (χ0n) is 12.2. The third kappa shape index (κ3) is 4.29. The molecule has 2 atom stereocenters. The Labute approximate surface area is 124 Å². The Balaban J connectivity index is 2.00. The molecule has 1 aliphatic heterocycles. The van der Waals surface area contributed by atoms with E-state index >= 15 is 0 Å². The maximum Gasteiger partial charge on any atom is 0.303 e. The lowest BCUT2D eigenvalue weighted by Crippen LogP contribution is -2.50. The number of carboxylic acids is 1. The van der Waals surface area contributed by atoms with Gasteiger partial charge in [-0.15, -0.1) is 0 Å². The first-order valence-corrected chi connectivity index (χ1v) is 7.35. The molecule has 2 rings (SSSR count). The lowest BCUT2D eigenvalue weighted by Gasteiger charge is -2.32. The third-order valence-corrected chi connectivity index (χ3v) is 4.10. The number of carboxylic acid groups (broad SMARTS) is 1. The van der Waals surface area contributed by atoms with Gasteiger partial charge in [0, 0.05) is 12.3 Å². The van der Waals surface area contributed by atoms with Crippen LogP contribution in [0.5, 0.6) is 0 Å². The molecule has 5 heteroatoms. The van der Waals surface area contributed by atoms with Crippen LogP contribution in [0.2, 0.25) is 0 Å². The Morgan fingerprint density at radius 1 is 1.33 bits per heavy atom. The molecular formula is C16H22N2O3. The minimum atomic E-state index is -0.846. The maximum absolute atomic E-state index is 12.3. The molecule has 1 aromatic rings. The van der Waals surface area contributed by atoms with Crippen LogP contribution in [-0.4, -0.2) is 30.1 Å². The first-order chi connectivity index (χ1) is 10.1. The van der Waals surface area contributed by atoms with E-state index in [1.165, 1.54) is 0 Å². The standard InChI is InChI=1S/C16H22N2O3/c1-11(13-9-17-10-13)16(21)18-14(7-8-15(19)20)12-5-3-2-4-6-12/h2-6,11,13-14,17H,7-10H2,1H3,(H,18,21)(H,19,20). The van der Waals surface area contributed by atoms with Crippen LogP contribution in [0.25, 0.3) is 0 Å². The monoisotopic (exact) mass is 290 g/mol. The van der Waals surface area contributed by atoms with Gasteiger partial charge in [-0.1, -0.05) is 37.3 Å². The molecule has 1 fully saturated rings. The predicted octanol–water partition coefficient (Wildman–Crippen LogP) is 1.56. The molecule has 2 unspecified atom stereocenters. The molecule has 5 nitrogen and oxygen atoms in total. The van der Waals surface area contributed by atoms with Gasteiger partial charge >= 0.3 is 5.97 Å². The molecule has 0 spiro atoms. The fourth-order valence-electron chi connectivity index (χ4n) is 2.46. The summed E-state index contributed by atoms with van der Waals surface area (Å²) in [4.78, 5) is 23.1. The molecule has 0 saturated carbocycles. The van der Waals surface area contributed by atoms with Crippen molar-refractivity contribution in [2.24, 2.45) is 11.8 Å². The van der Waals surface area contributed by atoms with Crippen molar-refractivity contribution in [2.75, 3.05) is 13.1 Å². The summed E-state index contributed by atoms with van der Waals surface area (Å²) in [5, 5.41) is 15.0. The Morgan fingerprint density at radius 2 is 2.00 bits per heavy atom. The molecule has 1 aromatic carbocycles. The van der Waals surface area contributed by atoms with E-state index in [-0.39, 0.29) is 24.3 Å². The normalized spacial score (nSPS) is 17.6. The van der Waals surface area contributed by atoms with Gasteiger partial charge in [-0.3, -0.25) is 9.59 Å². The van der Waals surface area contributed by atoms with E-state index in [9.17, 15) is 9.59 Å². The molecule has 1 amide bonds. The molecule has 21 heavy (non-hydrogen) atoms. The summed E-state index contributed by atoms with van der Waals surface area (Å²) < 4.78 is 0. The van der Waals surface area contributed by atoms with Crippen LogP contribution in [0.15, 0.2) is 30.3 Å². The van der Waals surface area contributed by atoms with E-state index < -0.39 is 5.97 Å². The first kappa shape index (κ1) is 15.5. The number of nitrogens with one attached hydrogen (secondary N) is 2. The number of aliphatic carboxylic acids is 1. The van der Waals surface area contributed by atoms with Crippen LogP contribution < -0.4 is 10.6 Å². The molecular weight excluding hydrogens is 268 g/mol. The number of carbonyl (C=O) groups is 2. The van der Waals surface area contributed by atoms with Gasteiger partial charge in [0.15, 0.2) is 0 Å². The summed E-state index contributed by atoms with van der Waals surface area (Å²) in [6.45, 7) is 3.68. The number of hydrogen-bond acceptors (Lipinski definition) is 3. The fraction of sp³-hybridized carbons (Fsp3) is 0.500. The van der Waals surface area contributed by atoms with Crippen molar-refractivity contribution in [3.8, 4) is 0 Å². The summed E-state index contributed by atoms with van der Waals surface area (Å²) in [5.41, 5.74) is 0.950. The summed E-state index contributed by atoms with van der Waals surface area (Å²) in [6, 6.07) is 9.29. The second-order valence-electron chi connectivity index (χ2n) is 5.61. The van der Waals surface area contributed by atoms with Crippen molar-refractivity contribution in [2.45, 2.75) is 25.8 Å². The summed E-state index contributed by atoms with van der Waals surface area (Å²) >= 11 is 0. The minimum absolute atomic E-state index is 0.000687. The SMILES string of the molecule is CC(C(=O)NC(CCC(=O)O)c1ccccc1)C1CNC1. The molecule has 0 aliphatic carbocycles. The average molecular weight is 290 g/mol. The molecule has 0 radical (unpaired) electrons. The van der Waals surface area contributed by atoms with Crippen molar-refractivity contribution >= 4 is 11.9 Å². The number of rotatable bonds is 7. The van der Waals surface area contributed by atoms with E-state index in [4.69, 9.17) is 5.11 Å². The quantitative estimate of drug-likeness (QED) is 0.712. The van der Waals surface area contributed by atoms with Crippen LogP contribution in [0.3, 0.4) is 0 Å². The van der Waals surface area contributed by atoms with Crippen molar-refractivity contribution in [3.05, 3.63) is 35.9 Å². The second-order valence-corrected chi connectivity index (χ2v) is 5.61. The molecule has 3 N–H and O–H groups in total. The minimum Gasteiger partial charge on any atom is -0.481 e. The molecule has 1 saturated heterocycles. The van der Waals surface area contributed by atoms with E-state index in [0.29, 0.717) is 12.3 Å². The number of benzene rings is 1. The topological polar surface area (TPSA) is 78.4 Å². The van der Waals surface area contributed by atoms with E-state index in [1.807, 2.05) is 37.3 Å². The van der Waals surface area contributed by atoms with Crippen LogP contribution in [0.1, 0.15) is 31.4 Å². The van der Waals surface area contributed by atoms with Crippen molar-refractivity contribution < 1.29 is 14.7 Å². The summed E-state index contributed by atoms with van der Waals surface area (Å²) in [5.74, 6) is -0.523. The van der Waals surface area contributed by atoms with Gasteiger partial charge in [-0.05, 0) is 31.0 Å². The van der Waals surface area contributed by atoms with Crippen molar-refractivity contribution in [3.63, 3.8) is 0 Å². The highest BCUT2D eigenvalue weighted by Crippen LogP contribution is 2.21. The van der Waals surface area contributed by atoms with Gasteiger partial charge in [-0.25, -0.2) is 0 Å². The van der Waals surface area contributed by atoms with Crippen LogP contribution >= 0.6 is 0 Å². The predicted molar refractivity (Wildman–Crippen MR) is 79.7 cm³/mol. The molecule has 1 heterocycles. The highest BCUT2D eigenvalue weighted by molar-refractivity contribution is 5.79. The lowest BCUT2D eigenvalue weighted by atomic mass is 9.88. The largest absolute Gasteiger partial charge is 0.481 e. The Kier molecular flexibility index (Phi) is 5.33. The van der Waals surface area contributed by atoms with Gasteiger partial charge < -0.3 is 15.7 Å². The Bertz CT molecular complexity index is 486. The van der Waals surface area contributed by atoms with Crippen LogP contribution in [0.4, 0.5) is 0 Å². The Hall–Kier alpha value is -1.88. The third-order valence-electron chi connectivity index (χ3n) is 4.10. The maximum atomic E-state index is 12.3. The highest BCUT2D eigenvalue weighted by atomic mass is 16.4. The van der Waals surface area contributed by atoms with Gasteiger partial charge in [-0.2, -0.15) is 0 Å². The number of carbonyl (C=O) groups excluding carboxylic acids is 1.